The molecule has 0 atom stereocenters. The van der Waals surface area contributed by atoms with Crippen LogP contribution >= 0.6 is 7.60 Å². The number of ether oxygens (including phenoxy) is 1. The summed E-state index contributed by atoms with van der Waals surface area (Å²) in [5, 5.41) is 0. The molecule has 1 aromatic carbocycles. The molecule has 16 heavy (non-hydrogen) atoms. The van der Waals surface area contributed by atoms with Crippen LogP contribution in [0.1, 0.15) is 12.5 Å². The summed E-state index contributed by atoms with van der Waals surface area (Å²) in [6, 6.07) is 6.46. The molecule has 0 spiro atoms. The maximum atomic E-state index is 10.8. The Labute approximate surface area is 92.5 Å². The SMILES string of the molecule is CC(=O)Oc1ccccc1C=CP(=O)(O)O. The molecule has 0 unspecified atom stereocenters. The Hall–Kier alpha value is -1.42. The molecule has 0 fully saturated rings. The van der Waals surface area contributed by atoms with Crippen molar-refractivity contribution in [3.05, 3.63) is 35.6 Å². The van der Waals surface area contributed by atoms with Crippen LogP contribution in [0.5, 0.6) is 5.75 Å². The van der Waals surface area contributed by atoms with Crippen molar-refractivity contribution >= 4 is 19.6 Å². The fourth-order valence-corrected chi connectivity index (χ4v) is 1.40. The standard InChI is InChI=1S/C10H11O5P/c1-8(11)15-10-5-3-2-4-9(10)6-7-16(12,13)14/h2-7H,1H3,(H2,12,13,14). The highest BCUT2D eigenvalue weighted by molar-refractivity contribution is 7.55. The van der Waals surface area contributed by atoms with Gasteiger partial charge in [0.15, 0.2) is 0 Å². The van der Waals surface area contributed by atoms with E-state index in [9.17, 15) is 9.36 Å². The average molecular weight is 242 g/mol. The second kappa shape index (κ2) is 5.07. The van der Waals surface area contributed by atoms with Crippen LogP contribution in [-0.2, 0) is 9.36 Å². The number of hydrogen-bond acceptors (Lipinski definition) is 3. The summed E-state index contributed by atoms with van der Waals surface area (Å²) >= 11 is 0. The zero-order chi connectivity index (χ0) is 12.2. The lowest BCUT2D eigenvalue weighted by atomic mass is 10.2. The van der Waals surface area contributed by atoms with E-state index >= 15 is 0 Å². The topological polar surface area (TPSA) is 83.8 Å². The summed E-state index contributed by atoms with van der Waals surface area (Å²) in [7, 11) is -4.21. The minimum atomic E-state index is -4.21. The summed E-state index contributed by atoms with van der Waals surface area (Å²) in [6.45, 7) is 1.25. The van der Waals surface area contributed by atoms with E-state index in [1.807, 2.05) is 0 Å². The van der Waals surface area contributed by atoms with Crippen LogP contribution in [0.2, 0.25) is 0 Å². The van der Waals surface area contributed by atoms with E-state index in [0.717, 1.165) is 5.82 Å². The molecule has 0 saturated heterocycles. The molecule has 0 aliphatic rings. The van der Waals surface area contributed by atoms with Crippen LogP contribution in [-0.4, -0.2) is 15.8 Å². The highest BCUT2D eigenvalue weighted by Crippen LogP contribution is 2.37. The van der Waals surface area contributed by atoms with Gasteiger partial charge in [-0.05, 0) is 12.1 Å². The van der Waals surface area contributed by atoms with Crippen LogP contribution in [0, 0.1) is 0 Å². The maximum Gasteiger partial charge on any atom is 0.349 e. The Bertz CT molecular complexity index is 460. The van der Waals surface area contributed by atoms with E-state index in [0.29, 0.717) is 5.56 Å². The van der Waals surface area contributed by atoms with Crippen LogP contribution < -0.4 is 4.74 Å². The summed E-state index contributed by atoms with van der Waals surface area (Å²) < 4.78 is 15.5. The molecule has 86 valence electrons. The highest BCUT2D eigenvalue weighted by Gasteiger charge is 2.08. The lowest BCUT2D eigenvalue weighted by Gasteiger charge is -2.04. The van der Waals surface area contributed by atoms with Crippen molar-refractivity contribution in [2.45, 2.75) is 6.92 Å². The Balaban J connectivity index is 3.00. The average Bonchev–Trinajstić information content (AvgIpc) is 2.14. The van der Waals surface area contributed by atoms with E-state index in [2.05, 4.69) is 0 Å². The Morgan fingerprint density at radius 1 is 1.38 bits per heavy atom. The van der Waals surface area contributed by atoms with Gasteiger partial charge in [-0.3, -0.25) is 9.36 Å². The predicted octanol–water partition coefficient (Wildman–Crippen LogP) is 1.76. The molecule has 0 radical (unpaired) electrons. The van der Waals surface area contributed by atoms with Gasteiger partial charge >= 0.3 is 13.6 Å². The van der Waals surface area contributed by atoms with Crippen LogP contribution in [0.15, 0.2) is 30.1 Å². The first-order valence-electron chi connectivity index (χ1n) is 4.40. The number of para-hydroxylation sites is 1. The Morgan fingerprint density at radius 2 is 2.00 bits per heavy atom. The van der Waals surface area contributed by atoms with Crippen molar-refractivity contribution in [2.24, 2.45) is 0 Å². The van der Waals surface area contributed by atoms with Gasteiger partial charge in [0.25, 0.3) is 0 Å². The van der Waals surface area contributed by atoms with E-state index in [-0.39, 0.29) is 5.75 Å². The Kier molecular flexibility index (Phi) is 4.01. The molecule has 0 heterocycles. The van der Waals surface area contributed by atoms with Crippen molar-refractivity contribution in [1.82, 2.24) is 0 Å². The molecule has 0 aliphatic heterocycles. The van der Waals surface area contributed by atoms with Crippen LogP contribution in [0.4, 0.5) is 0 Å². The van der Waals surface area contributed by atoms with Crippen molar-refractivity contribution in [1.29, 1.82) is 0 Å². The van der Waals surface area contributed by atoms with Crippen LogP contribution in [0.25, 0.3) is 6.08 Å². The third-order valence-electron chi connectivity index (χ3n) is 1.62. The molecule has 5 nitrogen and oxygen atoms in total. The minimum Gasteiger partial charge on any atom is -0.426 e. The second-order valence-electron chi connectivity index (χ2n) is 3.04. The first-order chi connectivity index (χ1) is 7.38. The largest absolute Gasteiger partial charge is 0.426 e. The lowest BCUT2D eigenvalue weighted by Crippen LogP contribution is -2.02. The minimum absolute atomic E-state index is 0.264. The first-order valence-corrected chi connectivity index (χ1v) is 6.08. The van der Waals surface area contributed by atoms with Gasteiger partial charge < -0.3 is 14.5 Å². The molecular weight excluding hydrogens is 231 g/mol. The van der Waals surface area contributed by atoms with Gasteiger partial charge in [-0.15, -0.1) is 0 Å². The second-order valence-corrected chi connectivity index (χ2v) is 4.51. The van der Waals surface area contributed by atoms with Crippen molar-refractivity contribution in [2.75, 3.05) is 0 Å². The summed E-state index contributed by atoms with van der Waals surface area (Å²) in [6.07, 6.45) is 1.22. The molecule has 0 bridgehead atoms. The molecule has 1 aromatic rings. The number of carbonyl (C=O) groups is 1. The molecule has 0 aliphatic carbocycles. The fourth-order valence-electron chi connectivity index (χ4n) is 1.04. The molecule has 0 amide bonds. The van der Waals surface area contributed by atoms with Gasteiger partial charge in [-0.2, -0.15) is 0 Å². The monoisotopic (exact) mass is 242 g/mol. The van der Waals surface area contributed by atoms with Gasteiger partial charge in [0, 0.05) is 18.3 Å². The number of benzene rings is 1. The normalized spacial score (nSPS) is 11.7. The lowest BCUT2D eigenvalue weighted by molar-refractivity contribution is -0.131. The Morgan fingerprint density at radius 3 is 2.56 bits per heavy atom. The number of hydrogen-bond donors (Lipinski definition) is 2. The van der Waals surface area contributed by atoms with Gasteiger partial charge in [-0.1, -0.05) is 18.2 Å². The smallest absolute Gasteiger partial charge is 0.349 e. The van der Waals surface area contributed by atoms with Gasteiger partial charge in [0.2, 0.25) is 0 Å². The summed E-state index contributed by atoms with van der Waals surface area (Å²) in [5.74, 6) is 0.534. The van der Waals surface area contributed by atoms with Crippen molar-refractivity contribution in [3.8, 4) is 5.75 Å². The van der Waals surface area contributed by atoms with E-state index in [1.165, 1.54) is 13.0 Å². The number of rotatable bonds is 3. The molecule has 0 saturated carbocycles. The molecule has 6 heteroatoms. The first kappa shape index (κ1) is 12.6. The molecular formula is C10H11O5P. The molecule has 1 rings (SSSR count). The van der Waals surface area contributed by atoms with Crippen molar-refractivity contribution in [3.63, 3.8) is 0 Å². The van der Waals surface area contributed by atoms with E-state index < -0.39 is 13.6 Å². The van der Waals surface area contributed by atoms with E-state index in [1.54, 1.807) is 24.3 Å². The number of carbonyl (C=O) groups excluding carboxylic acids is 1. The van der Waals surface area contributed by atoms with E-state index in [4.69, 9.17) is 14.5 Å². The highest BCUT2D eigenvalue weighted by atomic mass is 31.2. The molecule has 0 aromatic heterocycles. The van der Waals surface area contributed by atoms with Crippen molar-refractivity contribution < 1.29 is 23.9 Å². The predicted molar refractivity (Wildman–Crippen MR) is 58.8 cm³/mol. The zero-order valence-electron chi connectivity index (χ0n) is 8.53. The third-order valence-corrected chi connectivity index (χ3v) is 2.16. The number of esters is 1. The summed E-state index contributed by atoms with van der Waals surface area (Å²) in [5.41, 5.74) is 0.432. The van der Waals surface area contributed by atoms with Crippen LogP contribution in [0.3, 0.4) is 0 Å². The van der Waals surface area contributed by atoms with Gasteiger partial charge in [0.1, 0.15) is 5.75 Å². The van der Waals surface area contributed by atoms with Gasteiger partial charge in [-0.25, -0.2) is 0 Å². The molecule has 2 N–H and O–H groups in total. The fraction of sp³-hybridized carbons (Fsp3) is 0.100. The third kappa shape index (κ3) is 4.40. The maximum absolute atomic E-state index is 10.8. The zero-order valence-corrected chi connectivity index (χ0v) is 9.42. The van der Waals surface area contributed by atoms with Gasteiger partial charge in [0.05, 0.1) is 0 Å². The quantitative estimate of drug-likeness (QED) is 0.479. The summed E-state index contributed by atoms with van der Waals surface area (Å²) in [4.78, 5) is 28.1.